The Morgan fingerprint density at radius 3 is 2.27 bits per heavy atom. The fourth-order valence-electron chi connectivity index (χ4n) is 3.43. The Bertz CT molecular complexity index is 890. The van der Waals surface area contributed by atoms with Gasteiger partial charge in [-0.15, -0.1) is 0 Å². The van der Waals surface area contributed by atoms with E-state index in [2.05, 4.69) is 13.8 Å². The lowest BCUT2D eigenvalue weighted by atomic mass is 10.0. The zero-order valence-electron chi connectivity index (χ0n) is 17.5. The minimum atomic E-state index is -0.409. The number of anilines is 1. The summed E-state index contributed by atoms with van der Waals surface area (Å²) in [6.45, 7) is 6.22. The third-order valence-electron chi connectivity index (χ3n) is 5.26. The zero-order valence-corrected chi connectivity index (χ0v) is 17.5. The van der Waals surface area contributed by atoms with Crippen LogP contribution in [0.3, 0.4) is 0 Å². The average Bonchev–Trinajstić information content (AvgIpc) is 2.77. The van der Waals surface area contributed by atoms with Crippen molar-refractivity contribution in [3.63, 3.8) is 0 Å². The normalized spacial score (nSPS) is 14.0. The van der Waals surface area contributed by atoms with Crippen molar-refractivity contribution in [2.75, 3.05) is 44.8 Å². The van der Waals surface area contributed by atoms with Gasteiger partial charge >= 0.3 is 0 Å². The van der Waals surface area contributed by atoms with E-state index in [1.807, 2.05) is 29.2 Å². The molecule has 0 saturated carbocycles. The Labute approximate surface area is 176 Å². The van der Waals surface area contributed by atoms with Crippen molar-refractivity contribution >= 4 is 17.3 Å². The summed E-state index contributed by atoms with van der Waals surface area (Å²) in [6.07, 6.45) is 0. The number of nitro groups is 1. The molecule has 3 rings (SSSR count). The smallest absolute Gasteiger partial charge is 0.296 e. The number of nitro benzene ring substituents is 1. The predicted octanol–water partition coefficient (Wildman–Crippen LogP) is 3.45. The third-order valence-corrected chi connectivity index (χ3v) is 5.26. The molecule has 0 atom stereocenters. The van der Waals surface area contributed by atoms with Crippen LogP contribution in [0.25, 0.3) is 0 Å². The van der Waals surface area contributed by atoms with Crippen LogP contribution in [0.1, 0.15) is 25.3 Å². The van der Waals surface area contributed by atoms with Gasteiger partial charge in [-0.2, -0.15) is 0 Å². The first-order valence-corrected chi connectivity index (χ1v) is 9.97. The van der Waals surface area contributed by atoms with E-state index in [-0.39, 0.29) is 18.2 Å². The van der Waals surface area contributed by atoms with Crippen molar-refractivity contribution < 1.29 is 19.2 Å². The Balaban J connectivity index is 1.55. The molecule has 2 aromatic carbocycles. The quantitative estimate of drug-likeness (QED) is 0.511. The largest absolute Gasteiger partial charge is 0.496 e. The van der Waals surface area contributed by atoms with Gasteiger partial charge in [0.15, 0.2) is 6.61 Å². The van der Waals surface area contributed by atoms with E-state index in [0.29, 0.717) is 49.3 Å². The molecule has 1 heterocycles. The molecule has 0 aliphatic carbocycles. The van der Waals surface area contributed by atoms with Gasteiger partial charge in [0.05, 0.1) is 18.1 Å². The molecule has 8 nitrogen and oxygen atoms in total. The van der Waals surface area contributed by atoms with Crippen LogP contribution in [0.5, 0.6) is 11.5 Å². The van der Waals surface area contributed by atoms with Crippen LogP contribution >= 0.6 is 0 Å². The van der Waals surface area contributed by atoms with Gasteiger partial charge in [0.1, 0.15) is 17.2 Å². The van der Waals surface area contributed by atoms with Crippen LogP contribution in [0.4, 0.5) is 11.4 Å². The van der Waals surface area contributed by atoms with Gasteiger partial charge in [-0.05, 0) is 35.7 Å². The van der Waals surface area contributed by atoms with E-state index >= 15 is 0 Å². The monoisotopic (exact) mass is 413 g/mol. The molecular formula is C22H27N3O5. The Morgan fingerprint density at radius 1 is 1.07 bits per heavy atom. The lowest BCUT2D eigenvalue weighted by molar-refractivity contribution is -0.384. The molecule has 0 radical (unpaired) electrons. The van der Waals surface area contributed by atoms with Gasteiger partial charge in [0.2, 0.25) is 0 Å². The van der Waals surface area contributed by atoms with Crippen LogP contribution in [-0.4, -0.2) is 55.6 Å². The van der Waals surface area contributed by atoms with Crippen molar-refractivity contribution in [1.82, 2.24) is 4.90 Å². The summed E-state index contributed by atoms with van der Waals surface area (Å²) in [7, 11) is 1.48. The molecule has 8 heteroatoms. The van der Waals surface area contributed by atoms with E-state index < -0.39 is 4.92 Å². The minimum Gasteiger partial charge on any atom is -0.496 e. The van der Waals surface area contributed by atoms with Crippen molar-refractivity contribution in [1.29, 1.82) is 0 Å². The topological polar surface area (TPSA) is 85.2 Å². The second-order valence-corrected chi connectivity index (χ2v) is 7.49. The van der Waals surface area contributed by atoms with Gasteiger partial charge in [-0.25, -0.2) is 0 Å². The van der Waals surface area contributed by atoms with E-state index in [4.69, 9.17) is 9.47 Å². The first-order valence-electron chi connectivity index (χ1n) is 9.97. The van der Waals surface area contributed by atoms with Crippen molar-refractivity contribution in [2.24, 2.45) is 0 Å². The number of carbonyl (C=O) groups excluding carboxylic acids is 1. The molecule has 0 aromatic heterocycles. The van der Waals surface area contributed by atoms with Crippen LogP contribution in [0.15, 0.2) is 42.5 Å². The zero-order chi connectivity index (χ0) is 21.7. The standard InChI is InChI=1S/C22H27N3O5/c1-16(2)17-4-6-18(7-5-17)30-15-22(26)24-12-10-23(11-13-24)20-9-8-19(29-3)14-21(20)25(27)28/h4-9,14,16H,10-13,15H2,1-3H3. The maximum absolute atomic E-state index is 12.5. The van der Waals surface area contributed by atoms with E-state index in [1.54, 1.807) is 17.0 Å². The highest BCUT2D eigenvalue weighted by atomic mass is 16.6. The molecule has 0 bridgehead atoms. The number of nitrogens with zero attached hydrogens (tertiary/aromatic N) is 3. The molecule has 30 heavy (non-hydrogen) atoms. The number of rotatable bonds is 7. The summed E-state index contributed by atoms with van der Waals surface area (Å²) >= 11 is 0. The summed E-state index contributed by atoms with van der Waals surface area (Å²) in [5.74, 6) is 1.46. The van der Waals surface area contributed by atoms with Gasteiger partial charge in [0.25, 0.3) is 11.6 Å². The second-order valence-electron chi connectivity index (χ2n) is 7.49. The van der Waals surface area contributed by atoms with E-state index in [0.717, 1.165) is 0 Å². The van der Waals surface area contributed by atoms with Crippen molar-refractivity contribution in [2.45, 2.75) is 19.8 Å². The molecule has 1 saturated heterocycles. The molecule has 2 aromatic rings. The Hall–Kier alpha value is -3.29. The highest BCUT2D eigenvalue weighted by Crippen LogP contribution is 2.32. The number of amides is 1. The van der Waals surface area contributed by atoms with Crippen molar-refractivity contribution in [3.8, 4) is 11.5 Å². The molecule has 0 N–H and O–H groups in total. The Kier molecular flexibility index (Phi) is 6.76. The summed E-state index contributed by atoms with van der Waals surface area (Å²) in [5.41, 5.74) is 1.76. The fourth-order valence-corrected chi connectivity index (χ4v) is 3.43. The van der Waals surface area contributed by atoms with Crippen LogP contribution in [0, 0.1) is 10.1 Å². The predicted molar refractivity (Wildman–Crippen MR) is 114 cm³/mol. The molecule has 0 unspecified atom stereocenters. The van der Waals surface area contributed by atoms with E-state index in [9.17, 15) is 14.9 Å². The average molecular weight is 413 g/mol. The summed E-state index contributed by atoms with van der Waals surface area (Å²) in [4.78, 5) is 27.2. The maximum Gasteiger partial charge on any atom is 0.296 e. The van der Waals surface area contributed by atoms with Crippen LogP contribution in [-0.2, 0) is 4.79 Å². The summed E-state index contributed by atoms with van der Waals surface area (Å²) in [6, 6.07) is 12.6. The number of benzene rings is 2. The molecule has 1 fully saturated rings. The molecular weight excluding hydrogens is 386 g/mol. The van der Waals surface area contributed by atoms with Gasteiger partial charge < -0.3 is 19.3 Å². The first kappa shape index (κ1) is 21.4. The molecule has 1 aliphatic heterocycles. The first-order chi connectivity index (χ1) is 14.4. The molecule has 1 aliphatic rings. The lowest BCUT2D eigenvalue weighted by Crippen LogP contribution is -2.50. The molecule has 1 amide bonds. The minimum absolute atomic E-state index is 0.00213. The van der Waals surface area contributed by atoms with Crippen LogP contribution in [0.2, 0.25) is 0 Å². The van der Waals surface area contributed by atoms with Gasteiger partial charge in [-0.1, -0.05) is 26.0 Å². The van der Waals surface area contributed by atoms with Gasteiger partial charge in [0, 0.05) is 26.2 Å². The number of hydrogen-bond acceptors (Lipinski definition) is 6. The maximum atomic E-state index is 12.5. The molecule has 0 spiro atoms. The number of piperazine rings is 1. The number of ether oxygens (including phenoxy) is 2. The van der Waals surface area contributed by atoms with E-state index in [1.165, 1.54) is 18.7 Å². The fraction of sp³-hybridized carbons (Fsp3) is 0.409. The number of hydrogen-bond donors (Lipinski definition) is 0. The summed E-state index contributed by atoms with van der Waals surface area (Å²) in [5, 5.41) is 11.4. The number of carbonyl (C=O) groups is 1. The molecule has 160 valence electrons. The van der Waals surface area contributed by atoms with Gasteiger partial charge in [-0.3, -0.25) is 14.9 Å². The lowest BCUT2D eigenvalue weighted by Gasteiger charge is -2.35. The van der Waals surface area contributed by atoms with Crippen molar-refractivity contribution in [3.05, 3.63) is 58.1 Å². The SMILES string of the molecule is COc1ccc(N2CCN(C(=O)COc3ccc(C(C)C)cc3)CC2)c([N+](=O)[O-])c1. The highest BCUT2D eigenvalue weighted by Gasteiger charge is 2.26. The second kappa shape index (κ2) is 9.47. The Morgan fingerprint density at radius 2 is 1.70 bits per heavy atom. The third kappa shape index (κ3) is 5.00. The van der Waals surface area contributed by atoms with Crippen LogP contribution < -0.4 is 14.4 Å². The summed E-state index contributed by atoms with van der Waals surface area (Å²) < 4.78 is 10.7. The number of methoxy groups -OCH3 is 1. The highest BCUT2D eigenvalue weighted by molar-refractivity contribution is 5.78.